The van der Waals surface area contributed by atoms with Crippen LogP contribution in [0.5, 0.6) is 0 Å². The number of hydrogen-bond donors (Lipinski definition) is 3. The summed E-state index contributed by atoms with van der Waals surface area (Å²) in [7, 11) is 7.27. The van der Waals surface area contributed by atoms with Crippen molar-refractivity contribution in [2.45, 2.75) is 58.8 Å². The van der Waals surface area contributed by atoms with E-state index in [-0.39, 0.29) is 18.5 Å². The lowest BCUT2D eigenvalue weighted by Gasteiger charge is -2.24. The Bertz CT molecular complexity index is 1060. The summed E-state index contributed by atoms with van der Waals surface area (Å²) in [6, 6.07) is 5.39. The van der Waals surface area contributed by atoms with Crippen LogP contribution in [0.4, 0.5) is 9.18 Å². The first-order valence-electron chi connectivity index (χ1n) is 13.7. The van der Waals surface area contributed by atoms with E-state index in [1.54, 1.807) is 38.1 Å². The molecular weight excluding hydrogens is 567 g/mol. The Hall–Kier alpha value is -4.07. The number of carbonyl (C=O) groups excluding carboxylic acids is 6. The molecular formula is C29H46FN4O9+. The van der Waals surface area contributed by atoms with E-state index < -0.39 is 60.9 Å². The van der Waals surface area contributed by atoms with E-state index in [0.29, 0.717) is 6.61 Å². The zero-order valence-corrected chi connectivity index (χ0v) is 26.2. The van der Waals surface area contributed by atoms with Crippen LogP contribution in [0, 0.1) is 5.92 Å². The molecule has 0 fully saturated rings. The van der Waals surface area contributed by atoms with Crippen LogP contribution in [0.15, 0.2) is 30.3 Å². The Kier molecular flexibility index (Phi) is 18.1. The number of amides is 3. The lowest BCUT2D eigenvalue weighted by Crippen LogP contribution is -2.56. The van der Waals surface area contributed by atoms with E-state index in [0.717, 1.165) is 23.7 Å². The Balaban J connectivity index is 0.00000150. The van der Waals surface area contributed by atoms with Gasteiger partial charge in [-0.1, -0.05) is 44.2 Å². The van der Waals surface area contributed by atoms with Gasteiger partial charge in [0.05, 0.1) is 34.7 Å². The Labute approximate surface area is 252 Å². The van der Waals surface area contributed by atoms with Crippen molar-refractivity contribution in [3.8, 4) is 0 Å². The van der Waals surface area contributed by atoms with Crippen LogP contribution in [0.25, 0.3) is 0 Å². The Morgan fingerprint density at radius 1 is 0.884 bits per heavy atom. The monoisotopic (exact) mass is 613 g/mol. The van der Waals surface area contributed by atoms with Gasteiger partial charge in [0.1, 0.15) is 44.6 Å². The Morgan fingerprint density at radius 3 is 1.98 bits per heavy atom. The van der Waals surface area contributed by atoms with Crippen molar-refractivity contribution in [2.24, 2.45) is 5.92 Å². The predicted octanol–water partition coefficient (Wildman–Crippen LogP) is 1.28. The van der Waals surface area contributed by atoms with Gasteiger partial charge in [0.2, 0.25) is 11.8 Å². The van der Waals surface area contributed by atoms with E-state index >= 15 is 0 Å². The molecule has 1 aromatic carbocycles. The van der Waals surface area contributed by atoms with E-state index in [1.165, 1.54) is 13.8 Å². The number of ether oxygens (including phenoxy) is 3. The van der Waals surface area contributed by atoms with Crippen molar-refractivity contribution >= 4 is 35.6 Å². The van der Waals surface area contributed by atoms with E-state index in [1.807, 2.05) is 6.07 Å². The SMILES string of the molecule is CC(=O)OCC[N+](C)(C)C.COC(=O)C[C@H](NC(=O)[C@H](C)NC(=O)[C@@H](NC(=O)OCc1ccccc1)C(C)C)C(=O)CF. The van der Waals surface area contributed by atoms with Gasteiger partial charge in [-0.15, -0.1) is 0 Å². The minimum Gasteiger partial charge on any atom is -0.469 e. The van der Waals surface area contributed by atoms with Crippen LogP contribution < -0.4 is 16.0 Å². The number of hydrogen-bond acceptors (Lipinski definition) is 9. The summed E-state index contributed by atoms with van der Waals surface area (Å²) in [5.41, 5.74) is 0.771. The van der Waals surface area contributed by atoms with Crippen LogP contribution in [0.3, 0.4) is 0 Å². The third-order valence-corrected chi connectivity index (χ3v) is 5.69. The zero-order valence-electron chi connectivity index (χ0n) is 26.2. The lowest BCUT2D eigenvalue weighted by atomic mass is 10.0. The Morgan fingerprint density at radius 2 is 1.49 bits per heavy atom. The highest BCUT2D eigenvalue weighted by atomic mass is 19.1. The second-order valence-corrected chi connectivity index (χ2v) is 11.0. The van der Waals surface area contributed by atoms with Gasteiger partial charge >= 0.3 is 18.0 Å². The molecule has 0 saturated carbocycles. The minimum absolute atomic E-state index is 0.0160. The van der Waals surface area contributed by atoms with E-state index in [9.17, 15) is 33.2 Å². The molecule has 3 amide bonds. The molecule has 13 nitrogen and oxygen atoms in total. The number of nitrogens with one attached hydrogen (secondary N) is 3. The molecule has 3 N–H and O–H groups in total. The minimum atomic E-state index is -1.43. The molecule has 1 rings (SSSR count). The van der Waals surface area contributed by atoms with Gasteiger partial charge in [0, 0.05) is 6.92 Å². The molecule has 0 aromatic heterocycles. The number of Topliss-reactive ketones (excluding diaryl/α,β-unsaturated/α-hetero) is 1. The van der Waals surface area contributed by atoms with Crippen LogP contribution in [-0.2, 0) is 44.8 Å². The summed E-state index contributed by atoms with van der Waals surface area (Å²) in [6.07, 6.45) is -1.36. The van der Waals surface area contributed by atoms with Crippen LogP contribution in [0.1, 0.15) is 39.7 Å². The number of rotatable bonds is 15. The first kappa shape index (κ1) is 38.9. The topological polar surface area (TPSA) is 166 Å². The summed E-state index contributed by atoms with van der Waals surface area (Å²) < 4.78 is 27.9. The van der Waals surface area contributed by atoms with Crippen LogP contribution >= 0.6 is 0 Å². The highest BCUT2D eigenvalue weighted by Gasteiger charge is 2.30. The van der Waals surface area contributed by atoms with Crippen molar-refractivity contribution < 1.29 is 51.9 Å². The average molecular weight is 614 g/mol. The summed E-state index contributed by atoms with van der Waals surface area (Å²) >= 11 is 0. The van der Waals surface area contributed by atoms with Gasteiger partial charge < -0.3 is 34.6 Å². The highest BCUT2D eigenvalue weighted by Crippen LogP contribution is 2.06. The number of methoxy groups -OCH3 is 1. The van der Waals surface area contributed by atoms with Crippen molar-refractivity contribution in [2.75, 3.05) is 48.1 Å². The van der Waals surface area contributed by atoms with Crippen molar-refractivity contribution in [1.82, 2.24) is 16.0 Å². The number of halogens is 1. The predicted molar refractivity (Wildman–Crippen MR) is 155 cm³/mol. The lowest BCUT2D eigenvalue weighted by molar-refractivity contribution is -0.870. The smallest absolute Gasteiger partial charge is 0.408 e. The summed E-state index contributed by atoms with van der Waals surface area (Å²) in [5.74, 6) is -3.83. The van der Waals surface area contributed by atoms with Gasteiger partial charge in [-0.3, -0.25) is 24.0 Å². The number of alkyl halides is 1. The molecule has 0 radical (unpaired) electrons. The number of benzene rings is 1. The molecule has 0 aliphatic heterocycles. The maximum absolute atomic E-state index is 12.8. The normalized spacial score (nSPS) is 12.8. The van der Waals surface area contributed by atoms with Crippen molar-refractivity contribution in [3.63, 3.8) is 0 Å². The third-order valence-electron chi connectivity index (χ3n) is 5.69. The molecule has 14 heteroatoms. The highest BCUT2D eigenvalue weighted by molar-refractivity contribution is 5.96. The first-order chi connectivity index (χ1) is 20.0. The number of quaternary nitrogens is 1. The molecule has 0 aliphatic carbocycles. The number of nitrogens with zero attached hydrogens (tertiary/aromatic N) is 1. The molecule has 0 unspecified atom stereocenters. The summed E-state index contributed by atoms with van der Waals surface area (Å²) in [5, 5.41) is 7.12. The summed E-state index contributed by atoms with van der Waals surface area (Å²) in [6.45, 7) is 6.16. The molecule has 43 heavy (non-hydrogen) atoms. The number of carbonyl (C=O) groups is 6. The molecule has 1 aromatic rings. The quantitative estimate of drug-likeness (QED) is 0.150. The molecule has 0 heterocycles. The van der Waals surface area contributed by atoms with Gasteiger partial charge in [-0.25, -0.2) is 9.18 Å². The second kappa shape index (κ2) is 19.9. The molecule has 0 saturated heterocycles. The summed E-state index contributed by atoms with van der Waals surface area (Å²) in [4.78, 5) is 70.6. The zero-order chi connectivity index (χ0) is 33.2. The molecule has 0 bridgehead atoms. The fourth-order valence-corrected chi connectivity index (χ4v) is 3.14. The van der Waals surface area contributed by atoms with E-state index in [4.69, 9.17) is 9.47 Å². The van der Waals surface area contributed by atoms with Crippen molar-refractivity contribution in [3.05, 3.63) is 35.9 Å². The van der Waals surface area contributed by atoms with E-state index in [2.05, 4.69) is 41.8 Å². The first-order valence-corrected chi connectivity index (χ1v) is 13.7. The van der Waals surface area contributed by atoms with Crippen LogP contribution in [-0.4, -0.2) is 106 Å². The molecule has 242 valence electrons. The maximum atomic E-state index is 12.8. The molecule has 0 spiro atoms. The average Bonchev–Trinajstić information content (AvgIpc) is 2.93. The second-order valence-electron chi connectivity index (χ2n) is 11.0. The number of esters is 2. The maximum Gasteiger partial charge on any atom is 0.408 e. The van der Waals surface area contributed by atoms with Gasteiger partial charge in [-0.2, -0.15) is 0 Å². The molecule has 3 atom stereocenters. The van der Waals surface area contributed by atoms with Crippen molar-refractivity contribution in [1.29, 1.82) is 0 Å². The fourth-order valence-electron chi connectivity index (χ4n) is 3.14. The number of alkyl carbamates (subject to hydrolysis) is 1. The standard InChI is InChI=1S/C22H30FN3O7.C7H16NO2/c1-13(2)19(26-22(31)33-12-15-8-6-5-7-9-15)21(30)24-14(3)20(29)25-16(17(27)11-23)10-18(28)32-4;1-7(9)10-6-5-8(2,3)4/h5-9,13-14,16,19H,10-12H2,1-4H3,(H,24,30)(H,25,29)(H,26,31);5-6H2,1-4H3/q;+1/t14-,16-,19-;/m0./s1. The van der Waals surface area contributed by atoms with Gasteiger partial charge in [-0.05, 0) is 18.4 Å². The number of likely N-dealkylation sites (N-methyl/N-ethyl adjacent to an activating group) is 1. The number of ketones is 1. The van der Waals surface area contributed by atoms with Gasteiger partial charge in [0.25, 0.3) is 0 Å². The van der Waals surface area contributed by atoms with Gasteiger partial charge in [0.15, 0.2) is 5.78 Å². The fraction of sp³-hybridized carbons (Fsp3) is 0.586. The largest absolute Gasteiger partial charge is 0.469 e. The van der Waals surface area contributed by atoms with Crippen LogP contribution in [0.2, 0.25) is 0 Å². The molecule has 0 aliphatic rings. The third kappa shape index (κ3) is 18.2.